The first-order valence-electron chi connectivity index (χ1n) is 6.80. The van der Waals surface area contributed by atoms with Crippen LogP contribution < -0.4 is 4.72 Å². The van der Waals surface area contributed by atoms with Crippen molar-refractivity contribution in [3.63, 3.8) is 0 Å². The summed E-state index contributed by atoms with van der Waals surface area (Å²) in [6.07, 6.45) is 0. The van der Waals surface area contributed by atoms with Crippen LogP contribution in [0.15, 0.2) is 46.0 Å². The molecule has 8 heteroatoms. The average Bonchev–Trinajstić information content (AvgIpc) is 3.08. The zero-order chi connectivity index (χ0) is 16.9. The molecule has 2 rings (SSSR count). The molecule has 2 aromatic rings. The van der Waals surface area contributed by atoms with Gasteiger partial charge in [0.25, 0.3) is 15.9 Å². The molecular weight excluding hydrogens is 334 g/mol. The van der Waals surface area contributed by atoms with Crippen LogP contribution in [0.5, 0.6) is 0 Å². The SMILES string of the molecule is CCN(CC#N)C(=O)c1ccc(NS(=O)(=O)c2cccs2)cc1. The highest BCUT2D eigenvalue weighted by Crippen LogP contribution is 2.20. The van der Waals surface area contributed by atoms with Gasteiger partial charge in [0.15, 0.2) is 0 Å². The third-order valence-corrected chi connectivity index (χ3v) is 5.85. The fourth-order valence-corrected chi connectivity index (χ4v) is 3.95. The lowest BCUT2D eigenvalue weighted by molar-refractivity contribution is 0.0784. The molecule has 1 amide bonds. The highest BCUT2D eigenvalue weighted by atomic mass is 32.2. The molecule has 0 unspecified atom stereocenters. The fraction of sp³-hybridized carbons (Fsp3) is 0.200. The van der Waals surface area contributed by atoms with Crippen LogP contribution in [0.4, 0.5) is 5.69 Å². The van der Waals surface area contributed by atoms with Crippen molar-refractivity contribution in [1.29, 1.82) is 5.26 Å². The highest BCUT2D eigenvalue weighted by Gasteiger charge is 2.16. The van der Waals surface area contributed by atoms with Crippen LogP contribution in [-0.2, 0) is 10.0 Å². The molecule has 0 saturated heterocycles. The summed E-state index contributed by atoms with van der Waals surface area (Å²) in [5, 5.41) is 10.4. The van der Waals surface area contributed by atoms with Crippen LogP contribution in [0.2, 0.25) is 0 Å². The number of carbonyl (C=O) groups excluding carboxylic acids is 1. The molecule has 1 N–H and O–H groups in total. The number of thiophene rings is 1. The largest absolute Gasteiger partial charge is 0.326 e. The van der Waals surface area contributed by atoms with E-state index in [9.17, 15) is 13.2 Å². The lowest BCUT2D eigenvalue weighted by atomic mass is 10.2. The van der Waals surface area contributed by atoms with Gasteiger partial charge < -0.3 is 4.90 Å². The van der Waals surface area contributed by atoms with Gasteiger partial charge in [-0.25, -0.2) is 8.42 Å². The van der Waals surface area contributed by atoms with Crippen molar-refractivity contribution >= 4 is 33.0 Å². The highest BCUT2D eigenvalue weighted by molar-refractivity contribution is 7.94. The molecule has 0 spiro atoms. The second-order valence-corrected chi connectivity index (χ2v) is 7.45. The second-order valence-electron chi connectivity index (χ2n) is 4.59. The number of carbonyl (C=O) groups is 1. The molecule has 0 aliphatic rings. The molecule has 23 heavy (non-hydrogen) atoms. The van der Waals surface area contributed by atoms with Gasteiger partial charge in [0.1, 0.15) is 10.8 Å². The Morgan fingerprint density at radius 2 is 2.00 bits per heavy atom. The minimum absolute atomic E-state index is 0.0160. The summed E-state index contributed by atoms with van der Waals surface area (Å²) >= 11 is 1.13. The van der Waals surface area contributed by atoms with Crippen LogP contribution in [0.25, 0.3) is 0 Å². The molecule has 120 valence electrons. The van der Waals surface area contributed by atoms with Gasteiger partial charge in [-0.1, -0.05) is 6.07 Å². The van der Waals surface area contributed by atoms with E-state index in [0.717, 1.165) is 11.3 Å². The van der Waals surface area contributed by atoms with E-state index in [1.54, 1.807) is 18.4 Å². The van der Waals surface area contributed by atoms with E-state index in [4.69, 9.17) is 5.26 Å². The summed E-state index contributed by atoms with van der Waals surface area (Å²) in [6.45, 7) is 2.24. The number of hydrogen-bond donors (Lipinski definition) is 1. The van der Waals surface area contributed by atoms with Gasteiger partial charge in [0.05, 0.1) is 6.07 Å². The first kappa shape index (κ1) is 17.0. The van der Waals surface area contributed by atoms with Gasteiger partial charge >= 0.3 is 0 Å². The molecule has 1 heterocycles. The van der Waals surface area contributed by atoms with Crippen LogP contribution in [0.3, 0.4) is 0 Å². The molecule has 1 aromatic carbocycles. The predicted molar refractivity (Wildman–Crippen MR) is 88.8 cm³/mol. The van der Waals surface area contributed by atoms with Gasteiger partial charge in [0, 0.05) is 17.8 Å². The number of amides is 1. The Labute approximate surface area is 139 Å². The quantitative estimate of drug-likeness (QED) is 0.812. The topological polar surface area (TPSA) is 90.3 Å². The second kappa shape index (κ2) is 7.26. The summed E-state index contributed by atoms with van der Waals surface area (Å²) in [5.41, 5.74) is 0.777. The van der Waals surface area contributed by atoms with Gasteiger partial charge in [-0.2, -0.15) is 5.26 Å². The third-order valence-electron chi connectivity index (χ3n) is 3.07. The summed E-state index contributed by atoms with van der Waals surface area (Å²) < 4.78 is 26.9. The monoisotopic (exact) mass is 349 g/mol. The number of nitriles is 1. The molecule has 0 radical (unpaired) electrons. The summed E-state index contributed by atoms with van der Waals surface area (Å²) in [5.74, 6) is -0.262. The predicted octanol–water partition coefficient (Wildman–Crippen LogP) is 2.53. The molecule has 0 aliphatic carbocycles. The van der Waals surface area contributed by atoms with Gasteiger partial charge in [-0.15, -0.1) is 11.3 Å². The van der Waals surface area contributed by atoms with E-state index in [1.165, 1.54) is 35.2 Å². The smallest absolute Gasteiger partial charge is 0.271 e. The van der Waals surface area contributed by atoms with Gasteiger partial charge in [-0.05, 0) is 42.6 Å². The average molecular weight is 349 g/mol. The number of rotatable bonds is 6. The Balaban J connectivity index is 2.14. The molecule has 1 aromatic heterocycles. The number of nitrogens with zero attached hydrogens (tertiary/aromatic N) is 2. The normalized spacial score (nSPS) is 10.8. The number of nitrogens with one attached hydrogen (secondary N) is 1. The van der Waals surface area contributed by atoms with Crippen LogP contribution in [0.1, 0.15) is 17.3 Å². The van der Waals surface area contributed by atoms with Crippen LogP contribution >= 0.6 is 11.3 Å². The molecule has 6 nitrogen and oxygen atoms in total. The van der Waals surface area contributed by atoms with Gasteiger partial charge in [0.2, 0.25) is 0 Å². The zero-order valence-corrected chi connectivity index (χ0v) is 14.0. The van der Waals surface area contributed by atoms with Crippen molar-refractivity contribution in [2.75, 3.05) is 17.8 Å². The first-order valence-corrected chi connectivity index (χ1v) is 9.17. The molecule has 0 fully saturated rings. The van der Waals surface area contributed by atoms with Crippen LogP contribution in [0, 0.1) is 11.3 Å². The van der Waals surface area contributed by atoms with Crippen molar-refractivity contribution in [1.82, 2.24) is 4.90 Å². The van der Waals surface area contributed by atoms with Crippen molar-refractivity contribution in [3.8, 4) is 6.07 Å². The molecule has 0 atom stereocenters. The number of sulfonamides is 1. The van der Waals surface area contributed by atoms with Crippen molar-refractivity contribution in [2.45, 2.75) is 11.1 Å². The molecule has 0 saturated carbocycles. The maximum atomic E-state index is 12.2. The Morgan fingerprint density at radius 1 is 1.30 bits per heavy atom. The molecule has 0 bridgehead atoms. The van der Waals surface area contributed by atoms with E-state index in [-0.39, 0.29) is 16.7 Å². The number of hydrogen-bond acceptors (Lipinski definition) is 5. The number of benzene rings is 1. The maximum absolute atomic E-state index is 12.2. The van der Waals surface area contributed by atoms with Crippen LogP contribution in [-0.4, -0.2) is 32.3 Å². The lowest BCUT2D eigenvalue weighted by Crippen LogP contribution is -2.31. The lowest BCUT2D eigenvalue weighted by Gasteiger charge is -2.17. The van der Waals surface area contributed by atoms with E-state index in [1.807, 2.05) is 6.07 Å². The van der Waals surface area contributed by atoms with Gasteiger partial charge in [-0.3, -0.25) is 9.52 Å². The van der Waals surface area contributed by atoms with Crippen molar-refractivity contribution in [2.24, 2.45) is 0 Å². The molecule has 0 aliphatic heterocycles. The van der Waals surface area contributed by atoms with E-state index in [0.29, 0.717) is 17.8 Å². The summed E-state index contributed by atoms with van der Waals surface area (Å²) in [4.78, 5) is 13.6. The van der Waals surface area contributed by atoms with E-state index in [2.05, 4.69) is 4.72 Å². The Bertz CT molecular complexity index is 807. The minimum atomic E-state index is -3.60. The fourth-order valence-electron chi connectivity index (χ4n) is 1.90. The Morgan fingerprint density at radius 3 is 2.52 bits per heavy atom. The minimum Gasteiger partial charge on any atom is -0.326 e. The van der Waals surface area contributed by atoms with E-state index >= 15 is 0 Å². The third kappa shape index (κ3) is 4.09. The Kier molecular flexibility index (Phi) is 5.36. The van der Waals surface area contributed by atoms with Crippen molar-refractivity contribution < 1.29 is 13.2 Å². The summed E-state index contributed by atoms with van der Waals surface area (Å²) in [6, 6.07) is 11.2. The summed E-state index contributed by atoms with van der Waals surface area (Å²) in [7, 11) is -3.60. The van der Waals surface area contributed by atoms with E-state index < -0.39 is 10.0 Å². The number of anilines is 1. The maximum Gasteiger partial charge on any atom is 0.271 e. The first-order chi connectivity index (χ1) is 11.0. The zero-order valence-electron chi connectivity index (χ0n) is 12.4. The van der Waals surface area contributed by atoms with Crippen molar-refractivity contribution in [3.05, 3.63) is 47.3 Å². The standard InChI is InChI=1S/C15H15N3O3S2/c1-2-18(10-9-16)15(19)12-5-7-13(8-6-12)17-23(20,21)14-4-3-11-22-14/h3-8,11,17H,2,10H2,1H3. The molecular formula is C15H15N3O3S2. The Hall–Kier alpha value is -2.37.